The maximum atomic E-state index is 5.85. The zero-order valence-corrected chi connectivity index (χ0v) is 11.3. The van der Waals surface area contributed by atoms with Gasteiger partial charge in [-0.2, -0.15) is 0 Å². The summed E-state index contributed by atoms with van der Waals surface area (Å²) in [6, 6.07) is 11.5. The lowest BCUT2D eigenvalue weighted by atomic mass is 10.1. The molecule has 0 aliphatic carbocycles. The fourth-order valence-corrected chi connectivity index (χ4v) is 1.64. The molecule has 0 radical (unpaired) electrons. The van der Waals surface area contributed by atoms with Crippen LogP contribution in [0.5, 0.6) is 0 Å². The molecule has 0 saturated heterocycles. The van der Waals surface area contributed by atoms with Crippen LogP contribution in [0.25, 0.3) is 11.3 Å². The van der Waals surface area contributed by atoms with Gasteiger partial charge in [-0.05, 0) is 30.2 Å². The molecule has 1 heterocycles. The Bertz CT molecular complexity index is 491. The van der Waals surface area contributed by atoms with Crippen LogP contribution >= 0.6 is 11.6 Å². The first kappa shape index (κ1) is 12.8. The molecule has 1 N–H and O–H groups in total. The van der Waals surface area contributed by atoms with Gasteiger partial charge in [-0.1, -0.05) is 37.6 Å². The van der Waals surface area contributed by atoms with Gasteiger partial charge in [0, 0.05) is 17.1 Å². The number of nitrogens with zero attached hydrogens (tertiary/aromatic N) is 2. The fraction of sp³-hybridized carbons (Fsp3) is 0.286. The Hall–Kier alpha value is -1.61. The summed E-state index contributed by atoms with van der Waals surface area (Å²) >= 11 is 5.85. The van der Waals surface area contributed by atoms with Gasteiger partial charge >= 0.3 is 0 Å². The molecule has 0 aliphatic heterocycles. The van der Waals surface area contributed by atoms with Gasteiger partial charge in [0.2, 0.25) is 0 Å². The van der Waals surface area contributed by atoms with E-state index in [9.17, 15) is 0 Å². The van der Waals surface area contributed by atoms with Crippen molar-refractivity contribution in [2.75, 3.05) is 11.9 Å². The fourth-order valence-electron chi connectivity index (χ4n) is 1.51. The number of halogens is 1. The second-order valence-electron chi connectivity index (χ2n) is 4.59. The van der Waals surface area contributed by atoms with Crippen LogP contribution in [0.3, 0.4) is 0 Å². The van der Waals surface area contributed by atoms with E-state index in [4.69, 9.17) is 11.6 Å². The standard InChI is InChI=1S/C14H16ClN3/c1-10(2)9-16-14-8-7-13(17-18-14)11-3-5-12(15)6-4-11/h3-8,10H,9H2,1-2H3,(H,16,18). The first-order chi connectivity index (χ1) is 8.65. The summed E-state index contributed by atoms with van der Waals surface area (Å²) in [4.78, 5) is 0. The van der Waals surface area contributed by atoms with Crippen LogP contribution in [0.2, 0.25) is 5.02 Å². The summed E-state index contributed by atoms with van der Waals surface area (Å²) in [5, 5.41) is 12.3. The summed E-state index contributed by atoms with van der Waals surface area (Å²) in [5.41, 5.74) is 1.86. The summed E-state index contributed by atoms with van der Waals surface area (Å²) in [7, 11) is 0. The SMILES string of the molecule is CC(C)CNc1ccc(-c2ccc(Cl)cc2)nn1. The monoisotopic (exact) mass is 261 g/mol. The third-order valence-electron chi connectivity index (χ3n) is 2.50. The maximum absolute atomic E-state index is 5.85. The van der Waals surface area contributed by atoms with Crippen molar-refractivity contribution in [3.8, 4) is 11.3 Å². The first-order valence-electron chi connectivity index (χ1n) is 5.98. The van der Waals surface area contributed by atoms with E-state index in [2.05, 4.69) is 29.4 Å². The van der Waals surface area contributed by atoms with Crippen LogP contribution in [0, 0.1) is 5.92 Å². The molecule has 0 amide bonds. The minimum Gasteiger partial charge on any atom is -0.368 e. The molecule has 4 heteroatoms. The number of hydrogen-bond donors (Lipinski definition) is 1. The predicted octanol–water partition coefficient (Wildman–Crippen LogP) is 3.86. The third-order valence-corrected chi connectivity index (χ3v) is 2.75. The average molecular weight is 262 g/mol. The largest absolute Gasteiger partial charge is 0.368 e. The molecule has 0 atom stereocenters. The van der Waals surface area contributed by atoms with Crippen molar-refractivity contribution in [2.45, 2.75) is 13.8 Å². The zero-order chi connectivity index (χ0) is 13.0. The summed E-state index contributed by atoms with van der Waals surface area (Å²) in [6.07, 6.45) is 0. The van der Waals surface area contributed by atoms with Gasteiger partial charge in [0.1, 0.15) is 5.82 Å². The predicted molar refractivity (Wildman–Crippen MR) is 75.8 cm³/mol. The lowest BCUT2D eigenvalue weighted by Gasteiger charge is -2.07. The Balaban J connectivity index is 2.09. The van der Waals surface area contributed by atoms with Crippen LogP contribution in [-0.2, 0) is 0 Å². The number of aromatic nitrogens is 2. The molecule has 3 nitrogen and oxygen atoms in total. The number of hydrogen-bond acceptors (Lipinski definition) is 3. The molecule has 1 aromatic carbocycles. The second kappa shape index (κ2) is 5.83. The van der Waals surface area contributed by atoms with E-state index in [-0.39, 0.29) is 0 Å². The molecule has 0 bridgehead atoms. The molecule has 1 aromatic heterocycles. The molecule has 2 rings (SSSR count). The summed E-state index contributed by atoms with van der Waals surface area (Å²) in [5.74, 6) is 1.39. The average Bonchev–Trinajstić information content (AvgIpc) is 2.38. The minimum atomic E-state index is 0.586. The highest BCUT2D eigenvalue weighted by Gasteiger charge is 2.01. The number of nitrogens with one attached hydrogen (secondary N) is 1. The van der Waals surface area contributed by atoms with Gasteiger partial charge in [0.05, 0.1) is 5.69 Å². The molecule has 2 aromatic rings. The van der Waals surface area contributed by atoms with Crippen LogP contribution < -0.4 is 5.32 Å². The van der Waals surface area contributed by atoms with Gasteiger partial charge in [-0.25, -0.2) is 0 Å². The van der Waals surface area contributed by atoms with Gasteiger partial charge in [-0.3, -0.25) is 0 Å². The van der Waals surface area contributed by atoms with Gasteiger partial charge in [-0.15, -0.1) is 10.2 Å². The van der Waals surface area contributed by atoms with E-state index in [0.29, 0.717) is 5.92 Å². The molecule has 0 aliphatic rings. The highest BCUT2D eigenvalue weighted by molar-refractivity contribution is 6.30. The quantitative estimate of drug-likeness (QED) is 0.908. The van der Waals surface area contributed by atoms with Gasteiger partial charge in [0.15, 0.2) is 0 Å². The Morgan fingerprint density at radius 1 is 1.06 bits per heavy atom. The van der Waals surface area contributed by atoms with E-state index < -0.39 is 0 Å². The summed E-state index contributed by atoms with van der Waals surface area (Å²) < 4.78 is 0. The Morgan fingerprint density at radius 2 is 1.78 bits per heavy atom. The molecular weight excluding hydrogens is 246 g/mol. The molecular formula is C14H16ClN3. The lowest BCUT2D eigenvalue weighted by molar-refractivity contribution is 0.686. The summed E-state index contributed by atoms with van der Waals surface area (Å²) in [6.45, 7) is 5.21. The Labute approximate surface area is 112 Å². The van der Waals surface area contributed by atoms with Crippen molar-refractivity contribution < 1.29 is 0 Å². The third kappa shape index (κ3) is 3.44. The Kier molecular flexibility index (Phi) is 4.15. The van der Waals surface area contributed by atoms with Crippen LogP contribution in [0.4, 0.5) is 5.82 Å². The molecule has 18 heavy (non-hydrogen) atoms. The van der Waals surface area contributed by atoms with Gasteiger partial charge < -0.3 is 5.32 Å². The Morgan fingerprint density at radius 3 is 2.33 bits per heavy atom. The molecule has 0 saturated carbocycles. The molecule has 0 spiro atoms. The topological polar surface area (TPSA) is 37.8 Å². The van der Waals surface area contributed by atoms with Gasteiger partial charge in [0.25, 0.3) is 0 Å². The van der Waals surface area contributed by atoms with Crippen molar-refractivity contribution in [3.05, 3.63) is 41.4 Å². The lowest BCUT2D eigenvalue weighted by Crippen LogP contribution is -2.09. The smallest absolute Gasteiger partial charge is 0.148 e. The molecule has 0 unspecified atom stereocenters. The van der Waals surface area contributed by atoms with Crippen molar-refractivity contribution in [1.82, 2.24) is 10.2 Å². The van der Waals surface area contributed by atoms with Crippen LogP contribution in [0.15, 0.2) is 36.4 Å². The van der Waals surface area contributed by atoms with E-state index >= 15 is 0 Å². The zero-order valence-electron chi connectivity index (χ0n) is 10.5. The number of anilines is 1. The van der Waals surface area contributed by atoms with Crippen LogP contribution in [0.1, 0.15) is 13.8 Å². The van der Waals surface area contributed by atoms with E-state index in [1.807, 2.05) is 36.4 Å². The normalized spacial score (nSPS) is 10.7. The van der Waals surface area contributed by atoms with Crippen molar-refractivity contribution in [1.29, 1.82) is 0 Å². The molecule has 94 valence electrons. The molecule has 0 fully saturated rings. The first-order valence-corrected chi connectivity index (χ1v) is 6.36. The number of benzene rings is 1. The van der Waals surface area contributed by atoms with Crippen molar-refractivity contribution >= 4 is 17.4 Å². The minimum absolute atomic E-state index is 0.586. The van der Waals surface area contributed by atoms with Crippen LogP contribution in [-0.4, -0.2) is 16.7 Å². The number of rotatable bonds is 4. The van der Waals surface area contributed by atoms with Crippen molar-refractivity contribution in [2.24, 2.45) is 5.92 Å². The highest BCUT2D eigenvalue weighted by atomic mass is 35.5. The maximum Gasteiger partial charge on any atom is 0.148 e. The van der Waals surface area contributed by atoms with Crippen molar-refractivity contribution in [3.63, 3.8) is 0 Å². The highest BCUT2D eigenvalue weighted by Crippen LogP contribution is 2.19. The van der Waals surface area contributed by atoms with E-state index in [0.717, 1.165) is 28.6 Å². The van der Waals surface area contributed by atoms with E-state index in [1.54, 1.807) is 0 Å². The van der Waals surface area contributed by atoms with E-state index in [1.165, 1.54) is 0 Å². The second-order valence-corrected chi connectivity index (χ2v) is 5.02.